The molecule has 0 radical (unpaired) electrons. The van der Waals surface area contributed by atoms with Crippen LogP contribution in [-0.2, 0) is 11.2 Å². The number of Topliss-reactive ketones (excluding diaryl/α,β-unsaturated/α-hetero) is 1. The minimum Gasteiger partial charge on any atom is -0.294 e. The summed E-state index contributed by atoms with van der Waals surface area (Å²) in [5.41, 5.74) is 5.04. The Kier molecular flexibility index (Phi) is 2.78. The zero-order valence-corrected chi connectivity index (χ0v) is 12.6. The van der Waals surface area contributed by atoms with Crippen molar-refractivity contribution in [3.63, 3.8) is 0 Å². The molecule has 0 aliphatic heterocycles. The summed E-state index contributed by atoms with van der Waals surface area (Å²) < 4.78 is 0. The molecular formula is C20H20O. The van der Waals surface area contributed by atoms with E-state index >= 15 is 0 Å². The van der Waals surface area contributed by atoms with Crippen LogP contribution >= 0.6 is 0 Å². The van der Waals surface area contributed by atoms with Crippen LogP contribution in [0.15, 0.2) is 42.0 Å². The van der Waals surface area contributed by atoms with Gasteiger partial charge in [-0.25, -0.2) is 0 Å². The molecule has 0 spiro atoms. The van der Waals surface area contributed by atoms with E-state index in [9.17, 15) is 4.79 Å². The first-order valence-electron chi connectivity index (χ1n) is 7.92. The standard InChI is InChI=1S/C20H20O/c1-12-9-17-13(2)11-18-15-6-4-3-5-14(15)7-8-16(18)20(17)19(21)10-12/h3-8,12-13H,9-11H2,1-2H3/t12?,13-/m0/s1. The van der Waals surface area contributed by atoms with E-state index in [1.807, 2.05) is 0 Å². The highest BCUT2D eigenvalue weighted by Crippen LogP contribution is 2.44. The molecule has 106 valence electrons. The van der Waals surface area contributed by atoms with Gasteiger partial charge in [-0.2, -0.15) is 0 Å². The first kappa shape index (κ1) is 12.8. The number of rotatable bonds is 0. The Morgan fingerprint density at radius 3 is 2.62 bits per heavy atom. The number of carbonyl (C=O) groups is 1. The van der Waals surface area contributed by atoms with Crippen LogP contribution in [0.3, 0.4) is 0 Å². The van der Waals surface area contributed by atoms with E-state index in [4.69, 9.17) is 0 Å². The Bertz CT molecular complexity index is 782. The van der Waals surface area contributed by atoms with Gasteiger partial charge in [0.1, 0.15) is 0 Å². The van der Waals surface area contributed by atoms with Crippen LogP contribution in [-0.4, -0.2) is 5.78 Å². The largest absolute Gasteiger partial charge is 0.294 e. The zero-order valence-electron chi connectivity index (χ0n) is 12.6. The van der Waals surface area contributed by atoms with Gasteiger partial charge in [-0.3, -0.25) is 4.79 Å². The van der Waals surface area contributed by atoms with Gasteiger partial charge in [-0.1, -0.05) is 55.8 Å². The summed E-state index contributed by atoms with van der Waals surface area (Å²) in [6.07, 6.45) is 2.86. The molecule has 0 aromatic heterocycles. The van der Waals surface area contributed by atoms with E-state index in [1.165, 1.54) is 27.5 Å². The monoisotopic (exact) mass is 276 g/mol. The molecular weight excluding hydrogens is 256 g/mol. The van der Waals surface area contributed by atoms with E-state index in [2.05, 4.69) is 50.2 Å². The molecule has 2 aromatic rings. The van der Waals surface area contributed by atoms with Crippen molar-refractivity contribution in [2.24, 2.45) is 11.8 Å². The highest BCUT2D eigenvalue weighted by molar-refractivity contribution is 6.24. The quantitative estimate of drug-likeness (QED) is 0.676. The number of carbonyl (C=O) groups excluding carboxylic acids is 1. The molecule has 0 saturated heterocycles. The third-order valence-electron chi connectivity index (χ3n) is 5.12. The molecule has 4 rings (SSSR count). The second-order valence-corrected chi connectivity index (χ2v) is 6.75. The fourth-order valence-electron chi connectivity index (χ4n) is 4.14. The minimum atomic E-state index is 0.354. The van der Waals surface area contributed by atoms with E-state index in [0.29, 0.717) is 24.0 Å². The van der Waals surface area contributed by atoms with E-state index in [-0.39, 0.29) is 0 Å². The summed E-state index contributed by atoms with van der Waals surface area (Å²) in [7, 11) is 0. The number of fused-ring (bicyclic) bond motifs is 4. The smallest absolute Gasteiger partial charge is 0.163 e. The third-order valence-corrected chi connectivity index (χ3v) is 5.12. The Hall–Kier alpha value is -1.89. The predicted molar refractivity (Wildman–Crippen MR) is 87.1 cm³/mol. The van der Waals surface area contributed by atoms with Crippen LogP contribution in [0.2, 0.25) is 0 Å². The van der Waals surface area contributed by atoms with Gasteiger partial charge in [0.25, 0.3) is 0 Å². The van der Waals surface area contributed by atoms with Crippen LogP contribution in [0.4, 0.5) is 0 Å². The fourth-order valence-corrected chi connectivity index (χ4v) is 4.14. The average molecular weight is 276 g/mol. The first-order chi connectivity index (χ1) is 10.1. The lowest BCUT2D eigenvalue weighted by Gasteiger charge is -2.34. The molecule has 1 heteroatoms. The minimum absolute atomic E-state index is 0.354. The van der Waals surface area contributed by atoms with Crippen molar-refractivity contribution in [3.8, 4) is 0 Å². The fraction of sp³-hybridized carbons (Fsp3) is 0.350. The maximum Gasteiger partial charge on any atom is 0.163 e. The van der Waals surface area contributed by atoms with Gasteiger partial charge >= 0.3 is 0 Å². The lowest BCUT2D eigenvalue weighted by atomic mass is 9.70. The highest BCUT2D eigenvalue weighted by atomic mass is 16.1. The maximum atomic E-state index is 12.6. The molecule has 2 aliphatic rings. The van der Waals surface area contributed by atoms with Gasteiger partial charge in [0.15, 0.2) is 5.78 Å². The number of allylic oxidation sites excluding steroid dienone is 2. The molecule has 0 saturated carbocycles. The summed E-state index contributed by atoms with van der Waals surface area (Å²) >= 11 is 0. The summed E-state index contributed by atoms with van der Waals surface area (Å²) in [6, 6.07) is 12.9. The van der Waals surface area contributed by atoms with E-state index in [1.54, 1.807) is 0 Å². The highest BCUT2D eigenvalue weighted by Gasteiger charge is 2.33. The van der Waals surface area contributed by atoms with E-state index in [0.717, 1.165) is 18.4 Å². The van der Waals surface area contributed by atoms with Gasteiger partial charge in [-0.15, -0.1) is 0 Å². The van der Waals surface area contributed by atoms with Crippen LogP contribution in [0.1, 0.15) is 37.8 Å². The predicted octanol–water partition coefficient (Wildman–Crippen LogP) is 4.78. The van der Waals surface area contributed by atoms with Crippen LogP contribution in [0, 0.1) is 11.8 Å². The molecule has 0 bridgehead atoms. The Labute approximate surface area is 125 Å². The molecule has 1 unspecified atom stereocenters. The molecule has 2 atom stereocenters. The lowest BCUT2D eigenvalue weighted by molar-refractivity contribution is -0.114. The molecule has 2 aliphatic carbocycles. The van der Waals surface area contributed by atoms with Gasteiger partial charge in [0.05, 0.1) is 0 Å². The second kappa shape index (κ2) is 4.56. The molecule has 21 heavy (non-hydrogen) atoms. The van der Waals surface area contributed by atoms with Crippen molar-refractivity contribution < 1.29 is 4.79 Å². The third kappa shape index (κ3) is 1.87. The van der Waals surface area contributed by atoms with Crippen molar-refractivity contribution in [2.45, 2.75) is 33.1 Å². The van der Waals surface area contributed by atoms with Crippen molar-refractivity contribution in [1.29, 1.82) is 0 Å². The molecule has 1 nitrogen and oxygen atoms in total. The van der Waals surface area contributed by atoms with Crippen LogP contribution in [0.5, 0.6) is 0 Å². The van der Waals surface area contributed by atoms with Gasteiger partial charge in [-0.05, 0) is 46.6 Å². The van der Waals surface area contributed by atoms with Crippen molar-refractivity contribution >= 4 is 22.1 Å². The van der Waals surface area contributed by atoms with Crippen LogP contribution in [0.25, 0.3) is 16.3 Å². The Morgan fingerprint density at radius 2 is 1.76 bits per heavy atom. The average Bonchev–Trinajstić information content (AvgIpc) is 2.47. The van der Waals surface area contributed by atoms with E-state index < -0.39 is 0 Å². The van der Waals surface area contributed by atoms with Crippen molar-refractivity contribution in [1.82, 2.24) is 0 Å². The van der Waals surface area contributed by atoms with Gasteiger partial charge in [0, 0.05) is 12.0 Å². The van der Waals surface area contributed by atoms with Gasteiger partial charge < -0.3 is 0 Å². The van der Waals surface area contributed by atoms with Crippen LogP contribution < -0.4 is 0 Å². The molecule has 0 N–H and O–H groups in total. The SMILES string of the molecule is CC1CC(=O)C2=C(C1)[C@@H](C)Cc1c2ccc2ccccc12. The Balaban J connectivity index is 2.01. The molecule has 0 fully saturated rings. The summed E-state index contributed by atoms with van der Waals surface area (Å²) in [6.45, 7) is 4.48. The topological polar surface area (TPSA) is 17.1 Å². The summed E-state index contributed by atoms with van der Waals surface area (Å²) in [5, 5.41) is 2.60. The summed E-state index contributed by atoms with van der Waals surface area (Å²) in [5.74, 6) is 1.34. The zero-order chi connectivity index (χ0) is 14.6. The lowest BCUT2D eigenvalue weighted by Crippen LogP contribution is -2.25. The maximum absolute atomic E-state index is 12.6. The number of hydrogen-bond donors (Lipinski definition) is 0. The number of ketones is 1. The number of hydrogen-bond acceptors (Lipinski definition) is 1. The number of benzene rings is 2. The van der Waals surface area contributed by atoms with Crippen molar-refractivity contribution in [2.75, 3.05) is 0 Å². The Morgan fingerprint density at radius 1 is 0.952 bits per heavy atom. The second-order valence-electron chi connectivity index (χ2n) is 6.75. The van der Waals surface area contributed by atoms with Crippen molar-refractivity contribution in [3.05, 3.63) is 53.1 Å². The van der Waals surface area contributed by atoms with Gasteiger partial charge in [0.2, 0.25) is 0 Å². The first-order valence-corrected chi connectivity index (χ1v) is 7.92. The normalized spacial score (nSPS) is 25.0. The molecule has 0 heterocycles. The summed E-state index contributed by atoms with van der Waals surface area (Å²) in [4.78, 5) is 12.6. The molecule has 2 aromatic carbocycles. The molecule has 0 amide bonds.